The second kappa shape index (κ2) is 9.05. The third kappa shape index (κ3) is 4.95. The van der Waals surface area contributed by atoms with Gasteiger partial charge in [-0.3, -0.25) is 14.6 Å². The Kier molecular flexibility index (Phi) is 6.80. The number of rotatable bonds is 4. The third-order valence-corrected chi connectivity index (χ3v) is 4.43. The van der Waals surface area contributed by atoms with E-state index in [4.69, 9.17) is 4.74 Å². The number of guanidine groups is 1. The highest BCUT2D eigenvalue weighted by atomic mass is 16.5. The van der Waals surface area contributed by atoms with Crippen molar-refractivity contribution >= 4 is 17.8 Å². The number of aliphatic imine (C=N–C) groups is 1. The molecule has 7 heteroatoms. The lowest BCUT2D eigenvalue weighted by molar-refractivity contribution is -0.146. The summed E-state index contributed by atoms with van der Waals surface area (Å²) < 4.78 is 4.82. The van der Waals surface area contributed by atoms with Crippen molar-refractivity contribution in [2.75, 3.05) is 34.3 Å². The van der Waals surface area contributed by atoms with Crippen LogP contribution >= 0.6 is 0 Å². The van der Waals surface area contributed by atoms with Gasteiger partial charge in [-0.1, -0.05) is 12.1 Å². The SMILES string of the molecule is CN=C(NCc1ccc(C(=O)NC)cc1)N1CCC(C(=O)OC)CC1. The van der Waals surface area contributed by atoms with Crippen LogP contribution in [-0.2, 0) is 16.1 Å². The lowest BCUT2D eigenvalue weighted by Gasteiger charge is -2.33. The third-order valence-electron chi connectivity index (χ3n) is 4.43. The van der Waals surface area contributed by atoms with E-state index in [1.54, 1.807) is 26.2 Å². The van der Waals surface area contributed by atoms with E-state index in [1.165, 1.54) is 7.11 Å². The first-order chi connectivity index (χ1) is 12.1. The number of benzene rings is 1. The smallest absolute Gasteiger partial charge is 0.308 e. The summed E-state index contributed by atoms with van der Waals surface area (Å²) in [5.74, 6) is 0.581. The van der Waals surface area contributed by atoms with Crippen LogP contribution in [0.25, 0.3) is 0 Å². The van der Waals surface area contributed by atoms with Gasteiger partial charge in [-0.25, -0.2) is 0 Å². The van der Waals surface area contributed by atoms with E-state index >= 15 is 0 Å². The summed E-state index contributed by atoms with van der Waals surface area (Å²) in [4.78, 5) is 29.6. The number of methoxy groups -OCH3 is 1. The second-order valence-electron chi connectivity index (χ2n) is 5.96. The van der Waals surface area contributed by atoms with Crippen LogP contribution in [-0.4, -0.2) is 57.0 Å². The number of esters is 1. The number of hydrogen-bond acceptors (Lipinski definition) is 4. The van der Waals surface area contributed by atoms with Crippen molar-refractivity contribution in [3.63, 3.8) is 0 Å². The molecule has 0 unspecified atom stereocenters. The number of ether oxygens (including phenoxy) is 1. The van der Waals surface area contributed by atoms with Gasteiger partial charge in [0.25, 0.3) is 5.91 Å². The standard InChI is InChI=1S/C18H26N4O3/c1-19-16(23)14-6-4-13(5-7-14)12-21-18(20-2)22-10-8-15(9-11-22)17(24)25-3/h4-7,15H,8-12H2,1-3H3,(H,19,23)(H,20,21). The van der Waals surface area contributed by atoms with Gasteiger partial charge in [0.1, 0.15) is 0 Å². The fraction of sp³-hybridized carbons (Fsp3) is 0.500. The Morgan fingerprint density at radius 2 is 1.88 bits per heavy atom. The summed E-state index contributed by atoms with van der Waals surface area (Å²) in [7, 11) is 4.80. The lowest BCUT2D eigenvalue weighted by atomic mass is 9.97. The number of amides is 1. The maximum absolute atomic E-state index is 11.6. The Balaban J connectivity index is 1.87. The van der Waals surface area contributed by atoms with Gasteiger partial charge in [0, 0.05) is 39.3 Å². The predicted molar refractivity (Wildman–Crippen MR) is 96.3 cm³/mol. The van der Waals surface area contributed by atoms with E-state index in [0.717, 1.165) is 37.5 Å². The molecule has 1 aromatic rings. The highest BCUT2D eigenvalue weighted by molar-refractivity contribution is 5.93. The van der Waals surface area contributed by atoms with Gasteiger partial charge in [0.15, 0.2) is 5.96 Å². The number of nitrogens with one attached hydrogen (secondary N) is 2. The van der Waals surface area contributed by atoms with E-state index in [2.05, 4.69) is 20.5 Å². The maximum atomic E-state index is 11.6. The van der Waals surface area contributed by atoms with Crippen LogP contribution in [0.5, 0.6) is 0 Å². The molecule has 0 saturated carbocycles. The molecule has 1 heterocycles. The summed E-state index contributed by atoms with van der Waals surface area (Å²) in [5.41, 5.74) is 1.71. The molecular weight excluding hydrogens is 320 g/mol. The fourth-order valence-electron chi connectivity index (χ4n) is 2.93. The molecule has 136 valence electrons. The first-order valence-corrected chi connectivity index (χ1v) is 8.43. The van der Waals surface area contributed by atoms with Gasteiger partial charge in [-0.2, -0.15) is 0 Å². The summed E-state index contributed by atoms with van der Waals surface area (Å²) in [6.45, 7) is 2.17. The Hall–Kier alpha value is -2.57. The second-order valence-corrected chi connectivity index (χ2v) is 5.96. The van der Waals surface area contributed by atoms with Gasteiger partial charge in [0.2, 0.25) is 0 Å². The van der Waals surface area contributed by atoms with E-state index in [9.17, 15) is 9.59 Å². The highest BCUT2D eigenvalue weighted by Gasteiger charge is 2.26. The van der Waals surface area contributed by atoms with Gasteiger partial charge < -0.3 is 20.3 Å². The zero-order chi connectivity index (χ0) is 18.2. The van der Waals surface area contributed by atoms with Crippen LogP contribution in [0.3, 0.4) is 0 Å². The van der Waals surface area contributed by atoms with E-state index < -0.39 is 0 Å². The highest BCUT2D eigenvalue weighted by Crippen LogP contribution is 2.18. The molecule has 0 aliphatic carbocycles. The average molecular weight is 346 g/mol. The molecule has 2 rings (SSSR count). The molecule has 0 aromatic heterocycles. The summed E-state index contributed by atoms with van der Waals surface area (Å²) >= 11 is 0. The van der Waals surface area contributed by atoms with Crippen LogP contribution in [0.15, 0.2) is 29.3 Å². The number of carbonyl (C=O) groups is 2. The van der Waals surface area contributed by atoms with Crippen molar-refractivity contribution in [1.82, 2.24) is 15.5 Å². The number of nitrogens with zero attached hydrogens (tertiary/aromatic N) is 2. The first kappa shape index (κ1) is 18.8. The van der Waals surface area contributed by atoms with E-state index in [0.29, 0.717) is 12.1 Å². The minimum Gasteiger partial charge on any atom is -0.469 e. The minimum absolute atomic E-state index is 0.0170. The van der Waals surface area contributed by atoms with Crippen LogP contribution in [0.2, 0.25) is 0 Å². The van der Waals surface area contributed by atoms with Crippen molar-refractivity contribution in [2.24, 2.45) is 10.9 Å². The maximum Gasteiger partial charge on any atom is 0.308 e. The van der Waals surface area contributed by atoms with Crippen LogP contribution < -0.4 is 10.6 Å². The summed E-state index contributed by atoms with van der Waals surface area (Å²) in [6.07, 6.45) is 1.54. The molecule has 1 aromatic carbocycles. The zero-order valence-corrected chi connectivity index (χ0v) is 15.0. The normalized spacial score (nSPS) is 15.6. The fourth-order valence-corrected chi connectivity index (χ4v) is 2.93. The van der Waals surface area contributed by atoms with Crippen LogP contribution in [0.1, 0.15) is 28.8 Å². The predicted octanol–water partition coefficient (Wildman–Crippen LogP) is 1.01. The molecule has 0 atom stereocenters. The van der Waals surface area contributed by atoms with Crippen molar-refractivity contribution in [3.8, 4) is 0 Å². The van der Waals surface area contributed by atoms with Gasteiger partial charge in [-0.05, 0) is 30.5 Å². The Morgan fingerprint density at radius 3 is 2.40 bits per heavy atom. The zero-order valence-electron chi connectivity index (χ0n) is 15.0. The quantitative estimate of drug-likeness (QED) is 0.483. The molecule has 1 fully saturated rings. The Morgan fingerprint density at radius 1 is 1.24 bits per heavy atom. The van der Waals surface area contributed by atoms with Gasteiger partial charge >= 0.3 is 5.97 Å². The Bertz CT molecular complexity index is 620. The average Bonchev–Trinajstić information content (AvgIpc) is 2.68. The molecule has 25 heavy (non-hydrogen) atoms. The van der Waals surface area contributed by atoms with Gasteiger partial charge in [0.05, 0.1) is 13.0 Å². The molecule has 7 nitrogen and oxygen atoms in total. The number of piperidine rings is 1. The molecule has 2 N–H and O–H groups in total. The molecule has 1 aliphatic heterocycles. The largest absolute Gasteiger partial charge is 0.469 e. The molecule has 0 radical (unpaired) electrons. The van der Waals surface area contributed by atoms with E-state index in [-0.39, 0.29) is 17.8 Å². The minimum atomic E-state index is -0.126. The van der Waals surface area contributed by atoms with Crippen molar-refractivity contribution in [1.29, 1.82) is 0 Å². The molecule has 1 saturated heterocycles. The van der Waals surface area contributed by atoms with Gasteiger partial charge in [-0.15, -0.1) is 0 Å². The summed E-state index contributed by atoms with van der Waals surface area (Å²) in [5, 5.41) is 5.94. The first-order valence-electron chi connectivity index (χ1n) is 8.43. The lowest BCUT2D eigenvalue weighted by Crippen LogP contribution is -2.46. The number of likely N-dealkylation sites (tertiary alicyclic amines) is 1. The molecule has 0 bridgehead atoms. The van der Waals surface area contributed by atoms with E-state index in [1.807, 2.05) is 12.1 Å². The van der Waals surface area contributed by atoms with Crippen molar-refractivity contribution in [3.05, 3.63) is 35.4 Å². The number of carbonyl (C=O) groups excluding carboxylic acids is 2. The monoisotopic (exact) mass is 346 g/mol. The summed E-state index contributed by atoms with van der Waals surface area (Å²) in [6, 6.07) is 7.46. The van der Waals surface area contributed by atoms with Crippen molar-refractivity contribution < 1.29 is 14.3 Å². The molecular formula is C18H26N4O3. The molecule has 0 spiro atoms. The Labute approximate surface area is 148 Å². The van der Waals surface area contributed by atoms with Crippen molar-refractivity contribution in [2.45, 2.75) is 19.4 Å². The van der Waals surface area contributed by atoms with Crippen LogP contribution in [0, 0.1) is 5.92 Å². The van der Waals surface area contributed by atoms with Crippen LogP contribution in [0.4, 0.5) is 0 Å². The molecule has 1 amide bonds. The number of hydrogen-bond donors (Lipinski definition) is 2. The topological polar surface area (TPSA) is 83.0 Å². The molecule has 1 aliphatic rings.